The molecule has 0 aromatic carbocycles. The van der Waals surface area contributed by atoms with E-state index in [2.05, 4.69) is 6.58 Å². The van der Waals surface area contributed by atoms with Crippen LogP contribution in [0.3, 0.4) is 0 Å². The predicted molar refractivity (Wildman–Crippen MR) is 43.3 cm³/mol. The largest absolute Gasteiger partial charge is 1.00 e. The van der Waals surface area contributed by atoms with Crippen molar-refractivity contribution in [3.63, 3.8) is 0 Å². The smallest absolute Gasteiger partial charge is 0.307 e. The average Bonchev–Trinajstić information content (AvgIpc) is 2.48. The molecule has 0 atom stereocenters. The van der Waals surface area contributed by atoms with Crippen molar-refractivity contribution >= 4 is 12.2 Å². The van der Waals surface area contributed by atoms with E-state index >= 15 is 0 Å². The first-order valence-corrected chi connectivity index (χ1v) is 3.63. The third-order valence-corrected chi connectivity index (χ3v) is 1.51. The van der Waals surface area contributed by atoms with E-state index in [1.54, 1.807) is 21.7 Å². The average molecular weight is 247 g/mol. The summed E-state index contributed by atoms with van der Waals surface area (Å²) in [5, 5.41) is 8.40. The lowest BCUT2D eigenvalue weighted by Crippen LogP contribution is -3.00. The Kier molecular flexibility index (Phi) is 5.06. The molecule has 0 saturated carbocycles. The van der Waals surface area contributed by atoms with Crippen LogP contribution in [0, 0.1) is 0 Å². The molecule has 5 heteroatoms. The predicted octanol–water partition coefficient (Wildman–Crippen LogP) is -2.65. The van der Waals surface area contributed by atoms with Gasteiger partial charge in [-0.1, -0.05) is 6.58 Å². The second-order valence-electron chi connectivity index (χ2n) is 2.42. The quantitative estimate of drug-likeness (QED) is 0.591. The zero-order chi connectivity index (χ0) is 8.97. The van der Waals surface area contributed by atoms with Crippen LogP contribution in [0.1, 0.15) is 6.42 Å². The Bertz CT molecular complexity index is 296. The van der Waals surface area contributed by atoms with Crippen molar-refractivity contribution in [1.29, 1.82) is 0 Å². The zero-order valence-electron chi connectivity index (χ0n) is 7.06. The standard InChI is InChI=1S/C8H10N2O2.BrH/c1-2-9-5-6-10(7-9)4-3-8(11)12;/h2,5-7H,1,3-4H2;1H. The lowest BCUT2D eigenvalue weighted by Gasteiger charge is -1.89. The Labute approximate surface area is 86.9 Å². The van der Waals surface area contributed by atoms with Gasteiger partial charge in [-0.3, -0.25) is 4.79 Å². The van der Waals surface area contributed by atoms with Gasteiger partial charge < -0.3 is 22.1 Å². The van der Waals surface area contributed by atoms with Crippen LogP contribution < -0.4 is 21.5 Å². The fourth-order valence-corrected chi connectivity index (χ4v) is 0.876. The van der Waals surface area contributed by atoms with Crippen molar-refractivity contribution in [2.45, 2.75) is 13.0 Å². The molecular weight excluding hydrogens is 236 g/mol. The SMILES string of the molecule is C=Cn1cc[n+](CCC(=O)O)c1.[Br-]. The van der Waals surface area contributed by atoms with Crippen molar-refractivity contribution in [2.24, 2.45) is 0 Å². The third-order valence-electron chi connectivity index (χ3n) is 1.51. The molecule has 1 aromatic heterocycles. The minimum atomic E-state index is -0.783. The highest BCUT2D eigenvalue weighted by Gasteiger charge is 2.03. The molecule has 0 aliphatic heterocycles. The Morgan fingerprint density at radius 3 is 2.85 bits per heavy atom. The van der Waals surface area contributed by atoms with Gasteiger partial charge in [0.15, 0.2) is 0 Å². The number of halogens is 1. The van der Waals surface area contributed by atoms with Crippen molar-refractivity contribution < 1.29 is 31.4 Å². The van der Waals surface area contributed by atoms with Gasteiger partial charge in [0.05, 0.1) is 12.6 Å². The minimum absolute atomic E-state index is 0. The lowest BCUT2D eigenvalue weighted by atomic mass is 10.4. The van der Waals surface area contributed by atoms with Gasteiger partial charge in [0, 0.05) is 0 Å². The monoisotopic (exact) mass is 246 g/mol. The molecule has 4 nitrogen and oxygen atoms in total. The molecule has 0 bridgehead atoms. The van der Waals surface area contributed by atoms with Gasteiger partial charge in [0.2, 0.25) is 6.33 Å². The van der Waals surface area contributed by atoms with E-state index in [1.807, 2.05) is 12.4 Å². The van der Waals surface area contributed by atoms with Crippen molar-refractivity contribution in [3.8, 4) is 0 Å². The van der Waals surface area contributed by atoms with Crippen LogP contribution in [0.25, 0.3) is 6.20 Å². The Hall–Kier alpha value is -1.10. The Morgan fingerprint density at radius 1 is 1.69 bits per heavy atom. The van der Waals surface area contributed by atoms with Crippen LogP contribution in [0.2, 0.25) is 0 Å². The van der Waals surface area contributed by atoms with E-state index in [4.69, 9.17) is 5.11 Å². The molecule has 13 heavy (non-hydrogen) atoms. The van der Waals surface area contributed by atoms with Gasteiger partial charge in [-0.15, -0.1) is 0 Å². The fourth-order valence-electron chi connectivity index (χ4n) is 0.876. The molecule has 0 aliphatic carbocycles. The molecule has 1 N–H and O–H groups in total. The maximum Gasteiger partial charge on any atom is 0.307 e. The summed E-state index contributed by atoms with van der Waals surface area (Å²) in [4.78, 5) is 10.2. The van der Waals surface area contributed by atoms with Gasteiger partial charge >= 0.3 is 5.97 Å². The highest BCUT2D eigenvalue weighted by atomic mass is 79.9. The number of nitrogens with zero attached hydrogens (tertiary/aromatic N) is 2. The Balaban J connectivity index is 0.00000144. The number of carboxylic acids is 1. The Morgan fingerprint density at radius 2 is 2.38 bits per heavy atom. The number of aryl methyl sites for hydroxylation is 1. The zero-order valence-corrected chi connectivity index (χ0v) is 8.64. The molecule has 1 aromatic rings. The van der Waals surface area contributed by atoms with Gasteiger partial charge in [-0.2, -0.15) is 0 Å². The lowest BCUT2D eigenvalue weighted by molar-refractivity contribution is -0.695. The first-order valence-electron chi connectivity index (χ1n) is 3.63. The van der Waals surface area contributed by atoms with Crippen LogP contribution in [0.5, 0.6) is 0 Å². The molecule has 72 valence electrons. The van der Waals surface area contributed by atoms with Crippen molar-refractivity contribution in [1.82, 2.24) is 4.57 Å². The number of aliphatic carboxylic acids is 1. The summed E-state index contributed by atoms with van der Waals surface area (Å²) in [7, 11) is 0. The van der Waals surface area contributed by atoms with Crippen LogP contribution in [0.15, 0.2) is 25.3 Å². The molecular formula is C8H11BrN2O2. The number of aromatic nitrogens is 2. The van der Waals surface area contributed by atoms with Crippen LogP contribution in [0.4, 0.5) is 0 Å². The number of rotatable bonds is 4. The van der Waals surface area contributed by atoms with Gasteiger partial charge in [0.25, 0.3) is 0 Å². The maximum absolute atomic E-state index is 10.2. The first kappa shape index (κ1) is 11.9. The van der Waals surface area contributed by atoms with Gasteiger partial charge in [-0.05, 0) is 0 Å². The molecule has 0 saturated heterocycles. The summed E-state index contributed by atoms with van der Waals surface area (Å²) >= 11 is 0. The topological polar surface area (TPSA) is 46.1 Å². The molecule has 1 heterocycles. The van der Waals surface area contributed by atoms with E-state index in [9.17, 15) is 4.79 Å². The van der Waals surface area contributed by atoms with Crippen molar-refractivity contribution in [2.75, 3.05) is 0 Å². The highest BCUT2D eigenvalue weighted by Crippen LogP contribution is 1.85. The molecule has 0 unspecified atom stereocenters. The van der Waals surface area contributed by atoms with Crippen molar-refractivity contribution in [3.05, 3.63) is 25.3 Å². The normalized spacial score (nSPS) is 8.92. The number of carbonyl (C=O) groups is 1. The number of carboxylic acid groups (broad SMARTS) is 1. The van der Waals surface area contributed by atoms with Crippen LogP contribution in [-0.2, 0) is 11.3 Å². The molecule has 1 rings (SSSR count). The molecule has 0 amide bonds. The molecule has 0 aliphatic rings. The fraction of sp³-hybridized carbons (Fsp3) is 0.250. The van der Waals surface area contributed by atoms with E-state index in [-0.39, 0.29) is 23.4 Å². The second kappa shape index (κ2) is 5.53. The first-order chi connectivity index (χ1) is 5.72. The minimum Gasteiger partial charge on any atom is -1.00 e. The summed E-state index contributed by atoms with van der Waals surface area (Å²) in [6.07, 6.45) is 7.21. The second-order valence-corrected chi connectivity index (χ2v) is 2.42. The third kappa shape index (κ3) is 3.89. The van der Waals surface area contributed by atoms with E-state index < -0.39 is 5.97 Å². The van der Waals surface area contributed by atoms with Gasteiger partial charge in [-0.25, -0.2) is 9.13 Å². The maximum atomic E-state index is 10.2. The summed E-state index contributed by atoms with van der Waals surface area (Å²) in [6, 6.07) is 0. The van der Waals surface area contributed by atoms with Crippen LogP contribution >= 0.6 is 0 Å². The highest BCUT2D eigenvalue weighted by molar-refractivity contribution is 5.66. The summed E-state index contributed by atoms with van der Waals surface area (Å²) < 4.78 is 3.57. The number of imidazole rings is 1. The summed E-state index contributed by atoms with van der Waals surface area (Å²) in [5.74, 6) is -0.783. The number of hydrogen-bond donors (Lipinski definition) is 1. The molecule has 0 fully saturated rings. The summed E-state index contributed by atoms with van der Waals surface area (Å²) in [6.45, 7) is 4.07. The molecule has 0 radical (unpaired) electrons. The van der Waals surface area contributed by atoms with Gasteiger partial charge in [0.1, 0.15) is 18.9 Å². The summed E-state index contributed by atoms with van der Waals surface area (Å²) in [5.41, 5.74) is 0. The molecule has 0 spiro atoms. The van der Waals surface area contributed by atoms with Crippen LogP contribution in [-0.4, -0.2) is 15.6 Å². The van der Waals surface area contributed by atoms with E-state index in [0.29, 0.717) is 6.54 Å². The van der Waals surface area contributed by atoms with E-state index in [0.717, 1.165) is 0 Å². The number of hydrogen-bond acceptors (Lipinski definition) is 1. The van der Waals surface area contributed by atoms with E-state index in [1.165, 1.54) is 0 Å².